The number of hydrogen-bond donors (Lipinski definition) is 2. The van der Waals surface area contributed by atoms with Crippen molar-refractivity contribution in [2.45, 2.75) is 23.7 Å². The molecular weight excluding hydrogens is 482 g/mol. The van der Waals surface area contributed by atoms with Crippen LogP contribution in [0.3, 0.4) is 0 Å². The maximum Gasteiger partial charge on any atom is 0.293 e. The molecule has 0 bridgehead atoms. The number of oxime groups is 1. The molecule has 1 fully saturated rings. The standard InChI is InChI=1S/C20H19N7O7S/c1-33-23-7-14(29)26(12-9-34-20(22)24-12)18-11(8-25-4-2-10(3-5-25)17(21)30)16(19(31)32)27-13(28)6-15(27)35-18/h2-5,7,9,15,18H,6,8H2,1H3,(H4-,21,22,24,30,31,32)/t15-,18?/m0/s1. The maximum atomic E-state index is 13.1. The summed E-state index contributed by atoms with van der Waals surface area (Å²) in [6.45, 7) is -0.0882. The number of aromatic nitrogens is 2. The zero-order valence-electron chi connectivity index (χ0n) is 18.2. The summed E-state index contributed by atoms with van der Waals surface area (Å²) in [4.78, 5) is 59.9. The average Bonchev–Trinajstić information content (AvgIpc) is 3.24. The molecule has 182 valence electrons. The predicted octanol–water partition coefficient (Wildman–Crippen LogP) is -2.06. The molecule has 0 saturated carbocycles. The number of carboxylic acids is 1. The van der Waals surface area contributed by atoms with Gasteiger partial charge in [-0.15, -0.1) is 11.8 Å². The molecule has 2 aromatic heterocycles. The lowest BCUT2D eigenvalue weighted by Crippen LogP contribution is -2.60. The number of primary amides is 1. The van der Waals surface area contributed by atoms with Crippen LogP contribution in [-0.2, 0) is 25.8 Å². The van der Waals surface area contributed by atoms with Gasteiger partial charge in [0.2, 0.25) is 11.8 Å². The summed E-state index contributed by atoms with van der Waals surface area (Å²) in [5, 5.41) is 14.2. The number of rotatable bonds is 8. The molecule has 4 N–H and O–H groups in total. The van der Waals surface area contributed by atoms with Crippen LogP contribution < -0.4 is 26.0 Å². The molecule has 0 spiro atoms. The van der Waals surface area contributed by atoms with E-state index in [4.69, 9.17) is 15.9 Å². The number of thioether (sulfide) groups is 1. The summed E-state index contributed by atoms with van der Waals surface area (Å²) in [5.41, 5.74) is 10.9. The lowest BCUT2D eigenvalue weighted by molar-refractivity contribution is -0.689. The molecule has 4 rings (SSSR count). The number of carbonyl (C=O) groups is 4. The molecule has 0 aromatic carbocycles. The molecule has 35 heavy (non-hydrogen) atoms. The summed E-state index contributed by atoms with van der Waals surface area (Å²) < 4.78 is 6.62. The highest BCUT2D eigenvalue weighted by molar-refractivity contribution is 8.01. The Morgan fingerprint density at radius 3 is 2.69 bits per heavy atom. The normalized spacial score (nSPS) is 19.3. The highest BCUT2D eigenvalue weighted by Gasteiger charge is 2.50. The third kappa shape index (κ3) is 4.52. The SMILES string of the molecule is CON=CC(=O)N(c1coc(N)n1)C1S[C@H]2CC(=O)N2C(C(=O)[O-])=C1C[n+]1ccc(C(N)=O)cc1. The van der Waals surface area contributed by atoms with Gasteiger partial charge in [-0.1, -0.05) is 5.16 Å². The molecule has 2 atom stereocenters. The van der Waals surface area contributed by atoms with E-state index in [1.54, 1.807) is 4.57 Å². The Morgan fingerprint density at radius 1 is 1.43 bits per heavy atom. The predicted molar refractivity (Wildman–Crippen MR) is 118 cm³/mol. The summed E-state index contributed by atoms with van der Waals surface area (Å²) in [7, 11) is 1.25. The Bertz CT molecular complexity index is 1260. The fourth-order valence-electron chi connectivity index (χ4n) is 3.69. The molecule has 1 saturated heterocycles. The highest BCUT2D eigenvalue weighted by Crippen LogP contribution is 2.46. The van der Waals surface area contributed by atoms with Crippen LogP contribution in [0.2, 0.25) is 0 Å². The largest absolute Gasteiger partial charge is 0.543 e. The number of fused-ring (bicyclic) bond motifs is 1. The van der Waals surface area contributed by atoms with Gasteiger partial charge >= 0.3 is 0 Å². The molecule has 0 radical (unpaired) electrons. The summed E-state index contributed by atoms with van der Waals surface area (Å²) in [6, 6.07) is 2.69. The van der Waals surface area contributed by atoms with Crippen molar-refractivity contribution in [3.63, 3.8) is 0 Å². The molecule has 3 amide bonds. The van der Waals surface area contributed by atoms with E-state index in [-0.39, 0.29) is 41.6 Å². The number of hydrogen-bond acceptors (Lipinski definition) is 11. The van der Waals surface area contributed by atoms with E-state index in [1.165, 1.54) is 31.6 Å². The van der Waals surface area contributed by atoms with E-state index >= 15 is 0 Å². The number of β-lactam (4-membered cyclic amide) rings is 1. The van der Waals surface area contributed by atoms with E-state index in [1.807, 2.05) is 0 Å². The minimum absolute atomic E-state index is 0.00377. The van der Waals surface area contributed by atoms with Gasteiger partial charge in [-0.2, -0.15) is 4.98 Å². The third-order valence-corrected chi connectivity index (χ3v) is 6.70. The van der Waals surface area contributed by atoms with Crippen molar-refractivity contribution in [2.75, 3.05) is 17.7 Å². The summed E-state index contributed by atoms with van der Waals surface area (Å²) in [5.74, 6) is -3.33. The van der Waals surface area contributed by atoms with E-state index in [0.717, 1.165) is 34.0 Å². The number of aliphatic carboxylic acids is 1. The summed E-state index contributed by atoms with van der Waals surface area (Å²) in [6.07, 6.45) is 5.12. The summed E-state index contributed by atoms with van der Waals surface area (Å²) >= 11 is 1.16. The van der Waals surface area contributed by atoms with Gasteiger partial charge in [-0.25, -0.2) is 4.57 Å². The molecular formula is C20H19N7O7S. The van der Waals surface area contributed by atoms with Gasteiger partial charge < -0.3 is 30.6 Å². The Balaban J connectivity index is 1.84. The van der Waals surface area contributed by atoms with Gasteiger partial charge in [0, 0.05) is 12.1 Å². The van der Waals surface area contributed by atoms with Gasteiger partial charge in [-0.05, 0) is 0 Å². The second-order valence-electron chi connectivity index (χ2n) is 7.36. The number of pyridine rings is 1. The number of anilines is 2. The van der Waals surface area contributed by atoms with Crippen molar-refractivity contribution in [1.82, 2.24) is 9.88 Å². The molecule has 2 aliphatic rings. The van der Waals surface area contributed by atoms with Crippen LogP contribution in [0.5, 0.6) is 0 Å². The quantitative estimate of drug-likeness (QED) is 0.175. The van der Waals surface area contributed by atoms with Crippen LogP contribution in [0.4, 0.5) is 11.8 Å². The molecule has 2 aromatic rings. The van der Waals surface area contributed by atoms with E-state index in [2.05, 4.69) is 15.0 Å². The topological polar surface area (TPSA) is 201 Å². The highest BCUT2D eigenvalue weighted by atomic mass is 32.2. The number of carbonyl (C=O) groups excluding carboxylic acids is 4. The Hall–Kier alpha value is -4.40. The minimum Gasteiger partial charge on any atom is -0.543 e. The molecule has 0 aliphatic carbocycles. The second-order valence-corrected chi connectivity index (χ2v) is 8.63. The zero-order chi connectivity index (χ0) is 25.3. The van der Waals surface area contributed by atoms with Gasteiger partial charge in [0.25, 0.3) is 11.9 Å². The van der Waals surface area contributed by atoms with Crippen LogP contribution in [0.1, 0.15) is 16.8 Å². The maximum absolute atomic E-state index is 13.1. The number of nitrogens with two attached hydrogens (primary N) is 2. The molecule has 14 nitrogen and oxygen atoms in total. The van der Waals surface area contributed by atoms with Gasteiger partial charge in [0.15, 0.2) is 24.8 Å². The first-order chi connectivity index (χ1) is 16.7. The Labute approximate surface area is 201 Å². The third-order valence-electron chi connectivity index (χ3n) is 5.25. The molecule has 4 heterocycles. The molecule has 15 heteroatoms. The van der Waals surface area contributed by atoms with E-state index in [9.17, 15) is 24.3 Å². The van der Waals surface area contributed by atoms with Crippen molar-refractivity contribution in [3.05, 3.63) is 47.6 Å². The van der Waals surface area contributed by atoms with Gasteiger partial charge in [-0.3, -0.25) is 24.2 Å². The van der Waals surface area contributed by atoms with Crippen LogP contribution in [-0.4, -0.2) is 57.6 Å². The Kier molecular flexibility index (Phi) is 6.42. The first-order valence-electron chi connectivity index (χ1n) is 10.0. The lowest BCUT2D eigenvalue weighted by Gasteiger charge is -2.49. The van der Waals surface area contributed by atoms with Crippen LogP contribution >= 0.6 is 11.8 Å². The average molecular weight is 501 g/mol. The first kappa shape index (κ1) is 23.7. The minimum atomic E-state index is -1.59. The number of amides is 3. The van der Waals surface area contributed by atoms with Crippen LogP contribution in [0, 0.1) is 0 Å². The van der Waals surface area contributed by atoms with Crippen molar-refractivity contribution in [2.24, 2.45) is 10.9 Å². The smallest absolute Gasteiger partial charge is 0.293 e. The number of oxazole rings is 1. The Morgan fingerprint density at radius 2 is 2.14 bits per heavy atom. The van der Waals surface area contributed by atoms with Crippen molar-refractivity contribution in [3.8, 4) is 0 Å². The fraction of sp³-hybridized carbons (Fsp3) is 0.250. The van der Waals surface area contributed by atoms with Crippen LogP contribution in [0.15, 0.2) is 51.6 Å². The van der Waals surface area contributed by atoms with E-state index < -0.39 is 34.4 Å². The number of carboxylic acid groups (broad SMARTS) is 1. The lowest BCUT2D eigenvalue weighted by atomic mass is 10.1. The van der Waals surface area contributed by atoms with Crippen molar-refractivity contribution in [1.29, 1.82) is 0 Å². The van der Waals surface area contributed by atoms with Crippen molar-refractivity contribution < 1.29 is 38.1 Å². The monoisotopic (exact) mass is 501 g/mol. The van der Waals surface area contributed by atoms with E-state index in [0.29, 0.717) is 0 Å². The number of nitrogen functional groups attached to an aromatic ring is 1. The van der Waals surface area contributed by atoms with Crippen molar-refractivity contribution >= 4 is 53.5 Å². The second kappa shape index (κ2) is 9.46. The van der Waals surface area contributed by atoms with Gasteiger partial charge in [0.05, 0.1) is 34.6 Å². The van der Waals surface area contributed by atoms with Crippen LogP contribution in [0.25, 0.3) is 0 Å². The zero-order valence-corrected chi connectivity index (χ0v) is 19.0. The first-order valence-corrected chi connectivity index (χ1v) is 11.0. The number of nitrogens with zero attached hydrogens (tertiary/aromatic N) is 5. The molecule has 1 unspecified atom stereocenters. The van der Waals surface area contributed by atoms with Gasteiger partial charge in [0.1, 0.15) is 25.0 Å². The fourth-order valence-corrected chi connectivity index (χ4v) is 5.25. The molecule has 2 aliphatic heterocycles.